The second-order valence-electron chi connectivity index (χ2n) is 14.6. The molecule has 0 aliphatic carbocycles. The molecule has 2 aromatic carbocycles. The monoisotopic (exact) mass is 667 g/mol. The minimum Gasteiger partial charge on any atom is -0.457 e. The molecule has 0 fully saturated rings. The van der Waals surface area contributed by atoms with Crippen molar-refractivity contribution < 1.29 is 22.3 Å². The van der Waals surface area contributed by atoms with Crippen molar-refractivity contribution in [1.82, 2.24) is 14.5 Å². The largest absolute Gasteiger partial charge is 0.457 e. The van der Waals surface area contributed by atoms with E-state index in [0.717, 1.165) is 34.2 Å². The number of hydrogen-bond donors (Lipinski definition) is 0. The van der Waals surface area contributed by atoms with E-state index in [1.165, 1.54) is 0 Å². The highest BCUT2D eigenvalue weighted by Crippen LogP contribution is 2.39. The summed E-state index contributed by atoms with van der Waals surface area (Å²) < 4.78 is 46.8. The highest BCUT2D eigenvalue weighted by atomic mass is 32.2. The van der Waals surface area contributed by atoms with Crippen LogP contribution >= 0.6 is 0 Å². The summed E-state index contributed by atoms with van der Waals surface area (Å²) in [7, 11) is -6.73. The normalized spacial score (nSPS) is 13.1. The summed E-state index contributed by atoms with van der Waals surface area (Å²) in [6, 6.07) is 17.5. The predicted octanol–water partition coefficient (Wildman–Crippen LogP) is 8.91. The average molecular weight is 668 g/mol. The SMILES string of the molecule is CC(C)S(=O)(=O)c1ccc(Oc2cc3c(cc2CO[Si](C)(C)C(C)(C)C)nc(-c2ccccn2)n3COCC[Si](C)(C)C)cc1. The molecule has 45 heavy (non-hydrogen) atoms. The first-order valence-electron chi connectivity index (χ1n) is 15.6. The minimum absolute atomic E-state index is 0.0385. The first kappa shape index (κ1) is 35.0. The van der Waals surface area contributed by atoms with Crippen LogP contribution in [0, 0.1) is 0 Å². The first-order valence-corrected chi connectivity index (χ1v) is 23.7. The van der Waals surface area contributed by atoms with E-state index >= 15 is 0 Å². The Labute approximate surface area is 271 Å². The lowest BCUT2D eigenvalue weighted by atomic mass is 10.2. The van der Waals surface area contributed by atoms with Crippen LogP contribution in [0.2, 0.25) is 43.8 Å². The second kappa shape index (κ2) is 13.5. The molecule has 11 heteroatoms. The van der Waals surface area contributed by atoms with Crippen molar-refractivity contribution in [3.8, 4) is 23.0 Å². The molecular formula is C34H49N3O5SSi2. The van der Waals surface area contributed by atoms with Gasteiger partial charge in [-0.3, -0.25) is 9.55 Å². The molecule has 0 atom stereocenters. The smallest absolute Gasteiger partial charge is 0.192 e. The molecule has 0 amide bonds. The van der Waals surface area contributed by atoms with Gasteiger partial charge in [-0.15, -0.1) is 0 Å². The molecule has 0 aliphatic heterocycles. The number of hydrogen-bond acceptors (Lipinski definition) is 7. The van der Waals surface area contributed by atoms with Crippen LogP contribution in [0.15, 0.2) is 65.7 Å². The molecule has 0 aliphatic rings. The molecule has 0 bridgehead atoms. The molecular weight excluding hydrogens is 619 g/mol. The van der Waals surface area contributed by atoms with Crippen molar-refractivity contribution in [2.75, 3.05) is 6.61 Å². The molecule has 0 saturated heterocycles. The summed E-state index contributed by atoms with van der Waals surface area (Å²) in [6.45, 7) is 22.8. The van der Waals surface area contributed by atoms with E-state index in [1.807, 2.05) is 34.9 Å². The highest BCUT2D eigenvalue weighted by Gasteiger charge is 2.37. The van der Waals surface area contributed by atoms with Gasteiger partial charge in [-0.05, 0) is 80.5 Å². The summed E-state index contributed by atoms with van der Waals surface area (Å²) in [5, 5.41) is -0.469. The molecule has 8 nitrogen and oxygen atoms in total. The van der Waals surface area contributed by atoms with Crippen LogP contribution in [-0.2, 0) is 32.3 Å². The fraction of sp³-hybridized carbons (Fsp3) is 0.471. The molecule has 4 rings (SSSR count). The Balaban J connectivity index is 1.79. The zero-order chi connectivity index (χ0) is 33.2. The van der Waals surface area contributed by atoms with E-state index in [-0.39, 0.29) is 9.93 Å². The lowest BCUT2D eigenvalue weighted by molar-refractivity contribution is 0.0909. The van der Waals surface area contributed by atoms with E-state index in [0.29, 0.717) is 31.4 Å². The molecule has 0 saturated carbocycles. The van der Waals surface area contributed by atoms with Crippen molar-refractivity contribution in [3.05, 3.63) is 66.4 Å². The van der Waals surface area contributed by atoms with Crippen molar-refractivity contribution in [2.45, 2.75) is 102 Å². The Bertz CT molecular complexity index is 1710. The number of pyridine rings is 1. The number of imidazole rings is 1. The molecule has 4 aromatic rings. The minimum atomic E-state index is -3.39. The highest BCUT2D eigenvalue weighted by molar-refractivity contribution is 7.92. The summed E-state index contributed by atoms with van der Waals surface area (Å²) in [4.78, 5) is 9.89. The van der Waals surface area contributed by atoms with Crippen LogP contribution in [0.1, 0.15) is 40.2 Å². The standard InChI is InChI=1S/C34H49N3O5SSi2/c1-25(2)43(38,39)28-16-14-27(15-17-28)42-32-22-31-30(21-26(32)23-41-45(9,10)34(3,4)5)36-33(29-13-11-12-18-35-29)37(31)24-40-19-20-44(6,7)8/h11-18,21-22,25H,19-20,23-24H2,1-10H3. The summed E-state index contributed by atoms with van der Waals surface area (Å²) in [5.41, 5.74) is 3.27. The molecule has 0 N–H and O–H groups in total. The number of ether oxygens (including phenoxy) is 2. The molecule has 2 aromatic heterocycles. The maximum atomic E-state index is 12.7. The van der Waals surface area contributed by atoms with Crippen molar-refractivity contribution in [3.63, 3.8) is 0 Å². The molecule has 0 radical (unpaired) electrons. The van der Waals surface area contributed by atoms with Gasteiger partial charge >= 0.3 is 0 Å². The van der Waals surface area contributed by atoms with Crippen LogP contribution in [0.4, 0.5) is 0 Å². The maximum Gasteiger partial charge on any atom is 0.192 e. The van der Waals surface area contributed by atoms with Gasteiger partial charge in [0.25, 0.3) is 0 Å². The third-order valence-electron chi connectivity index (χ3n) is 8.44. The van der Waals surface area contributed by atoms with E-state index in [2.05, 4.69) is 58.5 Å². The summed E-state index contributed by atoms with van der Waals surface area (Å²) >= 11 is 0. The van der Waals surface area contributed by atoms with E-state index in [9.17, 15) is 8.42 Å². The van der Waals surface area contributed by atoms with Crippen LogP contribution in [0.3, 0.4) is 0 Å². The second-order valence-corrected chi connectivity index (χ2v) is 27.5. The van der Waals surface area contributed by atoms with Crippen LogP contribution in [-0.4, -0.2) is 51.2 Å². The lowest BCUT2D eigenvalue weighted by Crippen LogP contribution is -2.40. The van der Waals surface area contributed by atoms with Gasteiger partial charge in [-0.25, -0.2) is 13.4 Å². The van der Waals surface area contributed by atoms with E-state index in [4.69, 9.17) is 18.9 Å². The van der Waals surface area contributed by atoms with Gasteiger partial charge in [0.15, 0.2) is 24.0 Å². The van der Waals surface area contributed by atoms with E-state index < -0.39 is 31.5 Å². The number of benzene rings is 2. The molecule has 0 spiro atoms. The predicted molar refractivity (Wildman–Crippen MR) is 188 cm³/mol. The van der Waals surface area contributed by atoms with Crippen molar-refractivity contribution >= 4 is 37.3 Å². The quantitative estimate of drug-likeness (QED) is 0.104. The lowest BCUT2D eigenvalue weighted by Gasteiger charge is -2.36. The Morgan fingerprint density at radius 1 is 0.956 bits per heavy atom. The van der Waals surface area contributed by atoms with Gasteiger partial charge in [0, 0.05) is 32.5 Å². The number of nitrogens with zero attached hydrogens (tertiary/aromatic N) is 3. The number of sulfone groups is 1. The maximum absolute atomic E-state index is 12.7. The van der Waals surface area contributed by atoms with Gasteiger partial charge < -0.3 is 13.9 Å². The molecule has 0 unspecified atom stereocenters. The van der Waals surface area contributed by atoms with Crippen molar-refractivity contribution in [1.29, 1.82) is 0 Å². The van der Waals surface area contributed by atoms with Gasteiger partial charge in [0.1, 0.15) is 23.9 Å². The van der Waals surface area contributed by atoms with Gasteiger partial charge in [0.2, 0.25) is 0 Å². The van der Waals surface area contributed by atoms with Crippen LogP contribution in [0.5, 0.6) is 11.5 Å². The Morgan fingerprint density at radius 3 is 2.22 bits per heavy atom. The van der Waals surface area contributed by atoms with E-state index in [1.54, 1.807) is 44.3 Å². The third-order valence-corrected chi connectivity index (χ3v) is 16.8. The topological polar surface area (TPSA) is 92.5 Å². The first-order chi connectivity index (χ1) is 20.9. The summed E-state index contributed by atoms with van der Waals surface area (Å²) in [6.07, 6.45) is 1.77. The number of rotatable bonds is 13. The fourth-order valence-electron chi connectivity index (χ4n) is 4.33. The van der Waals surface area contributed by atoms with Crippen LogP contribution < -0.4 is 4.74 Å². The van der Waals surface area contributed by atoms with Crippen molar-refractivity contribution in [2.24, 2.45) is 0 Å². The number of fused-ring (bicyclic) bond motifs is 1. The zero-order valence-corrected chi connectivity index (χ0v) is 31.3. The fourth-order valence-corrected chi connectivity index (χ4v) is 7.10. The summed E-state index contributed by atoms with van der Waals surface area (Å²) in [5.74, 6) is 1.87. The molecule has 244 valence electrons. The number of aromatic nitrogens is 3. The Hall–Kier alpha value is -2.84. The van der Waals surface area contributed by atoms with Crippen LogP contribution in [0.25, 0.3) is 22.6 Å². The average Bonchev–Trinajstić information content (AvgIpc) is 3.30. The Kier molecular flexibility index (Phi) is 10.5. The Morgan fingerprint density at radius 2 is 1.64 bits per heavy atom. The zero-order valence-electron chi connectivity index (χ0n) is 28.5. The third kappa shape index (κ3) is 8.50. The van der Waals surface area contributed by atoms with Gasteiger partial charge in [-0.2, -0.15) is 0 Å². The molecule has 2 heterocycles. The van der Waals surface area contributed by atoms with Gasteiger partial charge in [-0.1, -0.05) is 46.5 Å². The van der Waals surface area contributed by atoms with Gasteiger partial charge in [0.05, 0.1) is 27.8 Å².